The van der Waals surface area contributed by atoms with Crippen molar-refractivity contribution in [3.05, 3.63) is 35.6 Å². The lowest BCUT2D eigenvalue weighted by Crippen LogP contribution is -2.42. The van der Waals surface area contributed by atoms with E-state index in [2.05, 4.69) is 43.5 Å². The molecule has 0 aromatic heterocycles. The first kappa shape index (κ1) is 32.2. The molecule has 226 valence electrons. The van der Waals surface area contributed by atoms with Crippen LogP contribution in [0.5, 0.6) is 0 Å². The standard InChI is InChI=1S/C33H55N3O4/c1-6-9-30(39-25-28-18-21-36(22-19-28)32(38)40-33(3,4)5)11-8-10-26-14-16-29(17-15-26)31(37)35(7-2)23-20-34-24-27-12-13-27/h8-9,11,14,27-29,34H,6-7,10,12-13,15-25H2,1-5H3/b11-8-,30-9+. The van der Waals surface area contributed by atoms with Crippen LogP contribution in [0, 0.1) is 17.8 Å². The molecule has 1 saturated heterocycles. The van der Waals surface area contributed by atoms with Gasteiger partial charge in [-0.25, -0.2) is 4.79 Å². The van der Waals surface area contributed by atoms with Gasteiger partial charge in [0.1, 0.15) is 11.4 Å². The number of likely N-dealkylation sites (tertiary alicyclic amines) is 1. The molecule has 7 nitrogen and oxygen atoms in total. The first-order valence-electron chi connectivity index (χ1n) is 15.8. The number of amides is 2. The number of nitrogens with zero attached hydrogens (tertiary/aromatic N) is 2. The molecule has 0 aromatic carbocycles. The molecule has 1 N–H and O–H groups in total. The minimum absolute atomic E-state index is 0.122. The summed E-state index contributed by atoms with van der Waals surface area (Å²) >= 11 is 0. The molecular formula is C33H55N3O4. The first-order valence-corrected chi connectivity index (χ1v) is 15.8. The van der Waals surface area contributed by atoms with Crippen LogP contribution in [0.2, 0.25) is 0 Å². The van der Waals surface area contributed by atoms with Crippen LogP contribution < -0.4 is 5.32 Å². The normalized spacial score (nSPS) is 20.9. The highest BCUT2D eigenvalue weighted by atomic mass is 16.6. The maximum absolute atomic E-state index is 13.1. The predicted octanol–water partition coefficient (Wildman–Crippen LogP) is 6.46. The third kappa shape index (κ3) is 11.7. The zero-order chi connectivity index (χ0) is 29.0. The largest absolute Gasteiger partial charge is 0.494 e. The van der Waals surface area contributed by atoms with Crippen LogP contribution in [0.15, 0.2) is 35.6 Å². The lowest BCUT2D eigenvalue weighted by Gasteiger charge is -2.33. The number of piperidine rings is 1. The maximum atomic E-state index is 13.1. The van der Waals surface area contributed by atoms with Gasteiger partial charge in [0.25, 0.3) is 0 Å². The highest BCUT2D eigenvalue weighted by molar-refractivity contribution is 5.79. The number of allylic oxidation sites excluding steroid dienone is 5. The van der Waals surface area contributed by atoms with E-state index in [1.807, 2.05) is 30.6 Å². The number of likely N-dealkylation sites (N-methyl/N-ethyl adjacent to an activating group) is 1. The van der Waals surface area contributed by atoms with E-state index < -0.39 is 5.60 Å². The zero-order valence-corrected chi connectivity index (χ0v) is 25.9. The molecule has 3 rings (SSSR count). The van der Waals surface area contributed by atoms with Crippen molar-refractivity contribution in [1.29, 1.82) is 0 Å². The molecule has 0 aromatic rings. The van der Waals surface area contributed by atoms with E-state index in [0.717, 1.165) is 95.9 Å². The fourth-order valence-electron chi connectivity index (χ4n) is 5.35. The average molecular weight is 558 g/mol. The van der Waals surface area contributed by atoms with Gasteiger partial charge in [-0.2, -0.15) is 0 Å². The van der Waals surface area contributed by atoms with Crippen LogP contribution in [-0.2, 0) is 14.3 Å². The Morgan fingerprint density at radius 2 is 1.85 bits per heavy atom. The Morgan fingerprint density at radius 1 is 1.10 bits per heavy atom. The number of hydrogen-bond acceptors (Lipinski definition) is 5. The van der Waals surface area contributed by atoms with Crippen molar-refractivity contribution in [3.63, 3.8) is 0 Å². The van der Waals surface area contributed by atoms with Crippen molar-refractivity contribution < 1.29 is 19.1 Å². The van der Waals surface area contributed by atoms with E-state index in [-0.39, 0.29) is 12.0 Å². The Morgan fingerprint density at radius 3 is 2.45 bits per heavy atom. The molecule has 0 bridgehead atoms. The minimum Gasteiger partial charge on any atom is -0.494 e. The van der Waals surface area contributed by atoms with E-state index in [1.54, 1.807) is 0 Å². The van der Waals surface area contributed by atoms with E-state index in [4.69, 9.17) is 9.47 Å². The smallest absolute Gasteiger partial charge is 0.410 e. The Bertz CT molecular complexity index is 892. The second-order valence-corrected chi connectivity index (χ2v) is 12.7. The number of nitrogens with one attached hydrogen (secondary N) is 1. The van der Waals surface area contributed by atoms with Gasteiger partial charge in [0.2, 0.25) is 5.91 Å². The van der Waals surface area contributed by atoms with E-state index >= 15 is 0 Å². The number of rotatable bonds is 14. The van der Waals surface area contributed by atoms with Gasteiger partial charge in [-0.3, -0.25) is 4.79 Å². The molecule has 2 fully saturated rings. The Labute approximate surface area is 243 Å². The molecule has 1 aliphatic heterocycles. The van der Waals surface area contributed by atoms with Crippen LogP contribution in [0.3, 0.4) is 0 Å². The van der Waals surface area contributed by atoms with Crippen molar-refractivity contribution >= 4 is 12.0 Å². The van der Waals surface area contributed by atoms with Crippen molar-refractivity contribution in [2.45, 2.75) is 98.0 Å². The highest BCUT2D eigenvalue weighted by Gasteiger charge is 2.28. The molecular weight excluding hydrogens is 502 g/mol. The third-order valence-electron chi connectivity index (χ3n) is 8.06. The van der Waals surface area contributed by atoms with Crippen LogP contribution in [0.25, 0.3) is 0 Å². The van der Waals surface area contributed by atoms with Crippen molar-refractivity contribution in [3.8, 4) is 0 Å². The summed E-state index contributed by atoms with van der Waals surface area (Å²) in [6, 6.07) is 0. The van der Waals surface area contributed by atoms with Gasteiger partial charge in [0.15, 0.2) is 0 Å². The van der Waals surface area contributed by atoms with E-state index in [0.29, 0.717) is 18.4 Å². The monoisotopic (exact) mass is 557 g/mol. The number of carbonyl (C=O) groups excluding carboxylic acids is 2. The van der Waals surface area contributed by atoms with Crippen LogP contribution in [0.1, 0.15) is 92.4 Å². The van der Waals surface area contributed by atoms with E-state index in [9.17, 15) is 9.59 Å². The summed E-state index contributed by atoms with van der Waals surface area (Å²) in [4.78, 5) is 29.2. The van der Waals surface area contributed by atoms with Crippen LogP contribution in [0.4, 0.5) is 4.79 Å². The fourth-order valence-corrected chi connectivity index (χ4v) is 5.35. The third-order valence-corrected chi connectivity index (χ3v) is 8.06. The minimum atomic E-state index is -0.460. The van der Waals surface area contributed by atoms with Crippen molar-refractivity contribution in [1.82, 2.24) is 15.1 Å². The summed E-state index contributed by atoms with van der Waals surface area (Å²) in [6.45, 7) is 15.6. The zero-order valence-electron chi connectivity index (χ0n) is 25.9. The van der Waals surface area contributed by atoms with Gasteiger partial charge < -0.3 is 24.6 Å². The SMILES string of the molecule is CC/C=C(\C=C/CC1=CCC(C(=O)N(CC)CCNCC2CC2)CC1)OCC1CCN(C(=O)OC(C)(C)C)CC1. The lowest BCUT2D eigenvalue weighted by atomic mass is 9.87. The lowest BCUT2D eigenvalue weighted by molar-refractivity contribution is -0.135. The van der Waals surface area contributed by atoms with Gasteiger partial charge in [0, 0.05) is 38.6 Å². The molecule has 1 heterocycles. The topological polar surface area (TPSA) is 71.1 Å². The average Bonchev–Trinajstić information content (AvgIpc) is 3.76. The molecule has 3 aliphatic rings. The molecule has 7 heteroatoms. The Kier molecular flexibility index (Phi) is 13.1. The molecule has 0 spiro atoms. The van der Waals surface area contributed by atoms with Gasteiger partial charge in [0.05, 0.1) is 6.61 Å². The summed E-state index contributed by atoms with van der Waals surface area (Å²) in [5.74, 6) is 2.68. The molecule has 1 saturated carbocycles. The molecule has 0 radical (unpaired) electrons. The summed E-state index contributed by atoms with van der Waals surface area (Å²) in [6.07, 6.45) is 17.7. The fraction of sp³-hybridized carbons (Fsp3) is 0.758. The van der Waals surface area contributed by atoms with Gasteiger partial charge in [-0.15, -0.1) is 0 Å². The van der Waals surface area contributed by atoms with Crippen LogP contribution >= 0.6 is 0 Å². The second-order valence-electron chi connectivity index (χ2n) is 12.7. The Hall–Kier alpha value is -2.28. The Balaban J connectivity index is 1.36. The number of ether oxygens (including phenoxy) is 2. The van der Waals surface area contributed by atoms with Crippen molar-refractivity contribution in [2.75, 3.05) is 45.9 Å². The number of carbonyl (C=O) groups is 2. The van der Waals surface area contributed by atoms with E-state index in [1.165, 1.54) is 18.4 Å². The summed E-state index contributed by atoms with van der Waals surface area (Å²) < 4.78 is 11.7. The summed E-state index contributed by atoms with van der Waals surface area (Å²) in [7, 11) is 0. The van der Waals surface area contributed by atoms with Gasteiger partial charge >= 0.3 is 6.09 Å². The maximum Gasteiger partial charge on any atom is 0.410 e. The molecule has 1 atom stereocenters. The predicted molar refractivity (Wildman–Crippen MR) is 162 cm³/mol. The van der Waals surface area contributed by atoms with Crippen molar-refractivity contribution in [2.24, 2.45) is 17.8 Å². The molecule has 40 heavy (non-hydrogen) atoms. The van der Waals surface area contributed by atoms with Crippen LogP contribution in [-0.4, -0.2) is 73.3 Å². The molecule has 2 amide bonds. The number of hydrogen-bond donors (Lipinski definition) is 1. The summed E-state index contributed by atoms with van der Waals surface area (Å²) in [5.41, 5.74) is 0.957. The highest BCUT2D eigenvalue weighted by Crippen LogP contribution is 2.28. The molecule has 1 unspecified atom stereocenters. The molecule has 2 aliphatic carbocycles. The second kappa shape index (κ2) is 16.2. The quantitative estimate of drug-likeness (QED) is 0.115. The summed E-state index contributed by atoms with van der Waals surface area (Å²) in [5, 5.41) is 3.51. The van der Waals surface area contributed by atoms with Gasteiger partial charge in [-0.1, -0.05) is 24.6 Å². The van der Waals surface area contributed by atoms with Gasteiger partial charge in [-0.05, 0) is 116 Å². The first-order chi connectivity index (χ1) is 19.2.